The Hall–Kier alpha value is -4.14. The molecule has 3 heterocycles. The van der Waals surface area contributed by atoms with Crippen LogP contribution in [0.3, 0.4) is 0 Å². The van der Waals surface area contributed by atoms with Gasteiger partial charge in [0.1, 0.15) is 5.82 Å². The van der Waals surface area contributed by atoms with Gasteiger partial charge < -0.3 is 15.5 Å². The van der Waals surface area contributed by atoms with Crippen molar-refractivity contribution in [1.82, 2.24) is 20.2 Å². The van der Waals surface area contributed by atoms with Gasteiger partial charge in [-0.05, 0) is 62.4 Å². The highest BCUT2D eigenvalue weighted by Gasteiger charge is 2.26. The summed E-state index contributed by atoms with van der Waals surface area (Å²) < 4.78 is 14.8. The van der Waals surface area contributed by atoms with Crippen molar-refractivity contribution in [1.29, 1.82) is 0 Å². The molecule has 6 rings (SSSR count). The van der Waals surface area contributed by atoms with Gasteiger partial charge in [-0.25, -0.2) is 14.4 Å². The molecule has 0 bridgehead atoms. The lowest BCUT2D eigenvalue weighted by atomic mass is 9.95. The van der Waals surface area contributed by atoms with Crippen LogP contribution in [-0.2, 0) is 6.54 Å². The lowest BCUT2D eigenvalue weighted by Gasteiger charge is -2.36. The highest BCUT2D eigenvalue weighted by atomic mass is 35.5. The molecule has 41 heavy (non-hydrogen) atoms. The maximum atomic E-state index is 14.8. The van der Waals surface area contributed by atoms with E-state index >= 15 is 0 Å². The number of carbonyl (C=O) groups excluding carboxylic acids is 1. The summed E-state index contributed by atoms with van der Waals surface area (Å²) in [7, 11) is 0. The fourth-order valence-electron chi connectivity index (χ4n) is 5.37. The SMILES string of the molecule is C.CC1CN(C(=O)c2ccc(Nc3ncc4c(n3)-c3ccc(Cl)cc3C(c3ccccc3F)=NC4)cc2)CC(C)N1. The third-order valence-corrected chi connectivity index (χ3v) is 7.36. The van der Waals surface area contributed by atoms with E-state index in [1.807, 2.05) is 35.2 Å². The van der Waals surface area contributed by atoms with Crippen molar-refractivity contribution in [2.24, 2.45) is 4.99 Å². The number of fused-ring (bicyclic) bond motifs is 3. The maximum absolute atomic E-state index is 14.8. The number of hydrogen-bond acceptors (Lipinski definition) is 6. The van der Waals surface area contributed by atoms with E-state index in [0.29, 0.717) is 58.7 Å². The van der Waals surface area contributed by atoms with Crippen LogP contribution in [0.1, 0.15) is 48.3 Å². The summed E-state index contributed by atoms with van der Waals surface area (Å²) in [5.74, 6) is 0.0706. The molecule has 210 valence electrons. The van der Waals surface area contributed by atoms with E-state index in [0.717, 1.165) is 16.8 Å². The van der Waals surface area contributed by atoms with Gasteiger partial charge >= 0.3 is 0 Å². The summed E-state index contributed by atoms with van der Waals surface area (Å²) in [5.41, 5.74) is 5.35. The number of amides is 1. The molecule has 0 spiro atoms. The molecule has 2 unspecified atom stereocenters. The number of anilines is 2. The second kappa shape index (κ2) is 11.8. The van der Waals surface area contributed by atoms with Gasteiger partial charge in [0.2, 0.25) is 5.95 Å². The van der Waals surface area contributed by atoms with Gasteiger partial charge in [0.25, 0.3) is 5.91 Å². The molecule has 1 saturated heterocycles. The Morgan fingerprint density at radius 1 is 1.00 bits per heavy atom. The number of halogens is 2. The van der Waals surface area contributed by atoms with Crippen LogP contribution >= 0.6 is 11.6 Å². The zero-order valence-electron chi connectivity index (χ0n) is 22.2. The Bertz CT molecular complexity index is 1610. The number of rotatable bonds is 4. The highest BCUT2D eigenvalue weighted by Crippen LogP contribution is 2.34. The molecule has 1 amide bonds. The third kappa shape index (κ3) is 5.85. The number of nitrogens with one attached hydrogen (secondary N) is 2. The van der Waals surface area contributed by atoms with E-state index in [4.69, 9.17) is 21.6 Å². The molecular weight excluding hydrogens is 539 g/mol. The van der Waals surface area contributed by atoms with Gasteiger partial charge in [-0.3, -0.25) is 9.79 Å². The van der Waals surface area contributed by atoms with Crippen LogP contribution in [0.4, 0.5) is 16.0 Å². The quantitative estimate of drug-likeness (QED) is 0.293. The largest absolute Gasteiger partial charge is 0.336 e. The van der Waals surface area contributed by atoms with Crippen molar-refractivity contribution in [3.8, 4) is 11.3 Å². The summed E-state index contributed by atoms with van der Waals surface area (Å²) in [4.78, 5) is 29.0. The Kier molecular flexibility index (Phi) is 8.15. The molecule has 9 heteroatoms. The molecular formula is C32H32ClFN6O. The summed E-state index contributed by atoms with van der Waals surface area (Å²) >= 11 is 6.36. The molecule has 2 aliphatic heterocycles. The third-order valence-electron chi connectivity index (χ3n) is 7.13. The van der Waals surface area contributed by atoms with Crippen molar-refractivity contribution in [3.05, 3.63) is 106 Å². The summed E-state index contributed by atoms with van der Waals surface area (Å²) in [6.07, 6.45) is 1.74. The van der Waals surface area contributed by atoms with Crippen molar-refractivity contribution in [2.75, 3.05) is 18.4 Å². The summed E-state index contributed by atoms with van der Waals surface area (Å²) in [6, 6.07) is 19.9. The molecule has 2 aliphatic rings. The fraction of sp³-hybridized carbons (Fsp3) is 0.250. The van der Waals surface area contributed by atoms with Gasteiger partial charge in [-0.1, -0.05) is 37.2 Å². The first-order chi connectivity index (χ1) is 19.4. The minimum atomic E-state index is -0.352. The predicted octanol–water partition coefficient (Wildman–Crippen LogP) is 6.49. The number of aromatic nitrogens is 2. The molecule has 2 N–H and O–H groups in total. The topological polar surface area (TPSA) is 82.5 Å². The van der Waals surface area contributed by atoms with Crippen LogP contribution in [0.2, 0.25) is 5.02 Å². The van der Waals surface area contributed by atoms with E-state index in [1.165, 1.54) is 6.07 Å². The Labute approximate surface area is 244 Å². The molecule has 1 fully saturated rings. The van der Waals surface area contributed by atoms with Crippen LogP contribution in [0.25, 0.3) is 11.3 Å². The first-order valence-electron chi connectivity index (χ1n) is 13.2. The van der Waals surface area contributed by atoms with Gasteiger partial charge in [0.15, 0.2) is 0 Å². The lowest BCUT2D eigenvalue weighted by molar-refractivity contribution is 0.0674. The standard InChI is InChI=1S/C31H28ClFN6O.CH4/c1-18-16-39(17-19(2)36-18)30(40)20-7-10-23(11-8-20)37-31-35-15-21-14-34-29(25-5-3-4-6-27(25)33)26-13-22(32)9-12-24(26)28(21)38-31;/h3-13,15,18-19,36H,14,16-17H2,1-2H3,(H,35,37,38);1H4. The molecule has 0 saturated carbocycles. The number of piperazine rings is 1. The number of benzene rings is 3. The Balaban J connectivity index is 0.00000337. The van der Waals surface area contributed by atoms with E-state index in [2.05, 4.69) is 29.5 Å². The van der Waals surface area contributed by atoms with Crippen molar-refractivity contribution >= 4 is 34.9 Å². The van der Waals surface area contributed by atoms with E-state index in [-0.39, 0.29) is 31.2 Å². The molecule has 0 radical (unpaired) electrons. The second-order valence-electron chi connectivity index (χ2n) is 10.3. The molecule has 2 atom stereocenters. The van der Waals surface area contributed by atoms with E-state index < -0.39 is 0 Å². The molecule has 4 aromatic rings. The van der Waals surface area contributed by atoms with Crippen LogP contribution in [0.5, 0.6) is 0 Å². The van der Waals surface area contributed by atoms with Crippen LogP contribution in [-0.4, -0.2) is 51.7 Å². The minimum absolute atomic E-state index is 0. The smallest absolute Gasteiger partial charge is 0.253 e. The Morgan fingerprint density at radius 3 is 2.46 bits per heavy atom. The lowest BCUT2D eigenvalue weighted by Crippen LogP contribution is -2.55. The van der Waals surface area contributed by atoms with Gasteiger partial charge in [-0.15, -0.1) is 0 Å². The normalized spacial score (nSPS) is 17.9. The summed E-state index contributed by atoms with van der Waals surface area (Å²) in [5, 5.41) is 7.23. The van der Waals surface area contributed by atoms with Gasteiger partial charge in [0.05, 0.1) is 18.0 Å². The van der Waals surface area contributed by atoms with Crippen molar-refractivity contribution in [2.45, 2.75) is 39.9 Å². The van der Waals surface area contributed by atoms with Gasteiger partial charge in [-0.2, -0.15) is 0 Å². The molecule has 0 aliphatic carbocycles. The first-order valence-corrected chi connectivity index (χ1v) is 13.6. The summed E-state index contributed by atoms with van der Waals surface area (Å²) in [6.45, 7) is 5.83. The molecule has 3 aromatic carbocycles. The monoisotopic (exact) mass is 570 g/mol. The number of nitrogens with zero attached hydrogens (tertiary/aromatic N) is 4. The van der Waals surface area contributed by atoms with Crippen LogP contribution < -0.4 is 10.6 Å². The Morgan fingerprint density at radius 2 is 1.73 bits per heavy atom. The van der Waals surface area contributed by atoms with Crippen LogP contribution in [0.15, 0.2) is 77.9 Å². The van der Waals surface area contributed by atoms with Gasteiger partial charge in [0, 0.05) is 69.9 Å². The number of hydrogen-bond donors (Lipinski definition) is 2. The molecule has 1 aromatic heterocycles. The van der Waals surface area contributed by atoms with E-state index in [9.17, 15) is 9.18 Å². The second-order valence-corrected chi connectivity index (χ2v) is 10.7. The minimum Gasteiger partial charge on any atom is -0.336 e. The highest BCUT2D eigenvalue weighted by molar-refractivity contribution is 6.31. The maximum Gasteiger partial charge on any atom is 0.253 e. The number of carbonyl (C=O) groups is 1. The number of aliphatic imine (C=N–C) groups is 1. The average Bonchev–Trinajstić information content (AvgIpc) is 3.09. The van der Waals surface area contributed by atoms with Crippen LogP contribution in [0, 0.1) is 5.82 Å². The fourth-order valence-corrected chi connectivity index (χ4v) is 5.54. The average molecular weight is 571 g/mol. The zero-order valence-corrected chi connectivity index (χ0v) is 22.9. The van der Waals surface area contributed by atoms with Crippen molar-refractivity contribution < 1.29 is 9.18 Å². The van der Waals surface area contributed by atoms with E-state index in [1.54, 1.807) is 36.5 Å². The first kappa shape index (κ1) is 28.4. The van der Waals surface area contributed by atoms with Crippen molar-refractivity contribution in [3.63, 3.8) is 0 Å². The predicted molar refractivity (Wildman–Crippen MR) is 163 cm³/mol. The molecule has 7 nitrogen and oxygen atoms in total. The zero-order chi connectivity index (χ0) is 27.8.